The highest BCUT2D eigenvalue weighted by Gasteiger charge is 2.50. The summed E-state index contributed by atoms with van der Waals surface area (Å²) in [6.07, 6.45) is -6.07. The molecule has 2 heterocycles. The van der Waals surface area contributed by atoms with Gasteiger partial charge in [-0.25, -0.2) is 4.79 Å². The average molecular weight is 695 g/mol. The van der Waals surface area contributed by atoms with Crippen molar-refractivity contribution in [2.45, 2.75) is 141 Å². The summed E-state index contributed by atoms with van der Waals surface area (Å²) in [5.41, 5.74) is -2.98. The number of benzene rings is 1. The van der Waals surface area contributed by atoms with Crippen molar-refractivity contribution in [3.8, 4) is 0 Å². The van der Waals surface area contributed by atoms with Gasteiger partial charge in [0.25, 0.3) is 0 Å². The zero-order valence-electron chi connectivity index (χ0n) is 31.3. The summed E-state index contributed by atoms with van der Waals surface area (Å²) < 4.78 is 24.9. The normalized spacial score (nSPS) is 42.2. The molecule has 4 N–H and O–H groups in total. The molecule has 0 aliphatic carbocycles. The molecule has 0 amide bonds. The Morgan fingerprint density at radius 1 is 1.06 bits per heavy atom. The third-order valence-electron chi connectivity index (χ3n) is 10.7. The molecule has 4 unspecified atom stereocenters. The summed E-state index contributed by atoms with van der Waals surface area (Å²) in [5, 5.41) is 46.7. The van der Waals surface area contributed by atoms with Gasteiger partial charge in [-0.05, 0) is 93.1 Å². The molecule has 12 nitrogen and oxygen atoms in total. The standard InChI is InChI=1S/C37H62N2O10/c1-12-28-37(8,45)31(41)25(6)39(11)20-21(2)19-36(7,44)32(23(4)29(40)24(5)33(42)47-28)49-35-30(27(38(9)10)18-22(3)46-35)48-34(43)26-16-14-13-15-17-26/h13-17,21-25,27-32,35,40-41,44-45H,12,18-20H2,1-11H3/t21-,22?,23+,24-,25-,27?,28-,29+,30?,31-,32-,35?,36+,37-/m1/s1. The summed E-state index contributed by atoms with van der Waals surface area (Å²) >= 11 is 0. The molecule has 0 saturated carbocycles. The van der Waals surface area contributed by atoms with E-state index in [2.05, 4.69) is 0 Å². The lowest BCUT2D eigenvalue weighted by molar-refractivity contribution is -0.298. The van der Waals surface area contributed by atoms with Crippen LogP contribution in [0.1, 0.15) is 85.0 Å². The Bertz CT molecular complexity index is 1210. The van der Waals surface area contributed by atoms with E-state index in [4.69, 9.17) is 18.9 Å². The molecule has 1 aromatic rings. The van der Waals surface area contributed by atoms with Gasteiger partial charge < -0.3 is 49.2 Å². The van der Waals surface area contributed by atoms with Crippen molar-refractivity contribution >= 4 is 11.9 Å². The first-order valence-corrected chi connectivity index (χ1v) is 17.7. The fourth-order valence-corrected chi connectivity index (χ4v) is 7.61. The van der Waals surface area contributed by atoms with Crippen LogP contribution in [-0.2, 0) is 23.7 Å². The zero-order valence-corrected chi connectivity index (χ0v) is 31.3. The van der Waals surface area contributed by atoms with Crippen LogP contribution < -0.4 is 0 Å². The molecule has 0 bridgehead atoms. The minimum Gasteiger partial charge on any atom is -0.459 e. The number of nitrogens with zero attached hydrogens (tertiary/aromatic N) is 2. The van der Waals surface area contributed by atoms with Crippen LogP contribution in [0.25, 0.3) is 0 Å². The molecule has 0 spiro atoms. The van der Waals surface area contributed by atoms with Crippen molar-refractivity contribution in [3.63, 3.8) is 0 Å². The van der Waals surface area contributed by atoms with Gasteiger partial charge in [0.05, 0.1) is 41.4 Å². The largest absolute Gasteiger partial charge is 0.459 e. The smallest absolute Gasteiger partial charge is 0.338 e. The van der Waals surface area contributed by atoms with E-state index in [0.29, 0.717) is 18.5 Å². The van der Waals surface area contributed by atoms with Crippen LogP contribution in [0.3, 0.4) is 0 Å². The molecule has 2 aliphatic heterocycles. The Morgan fingerprint density at radius 2 is 1.67 bits per heavy atom. The van der Waals surface area contributed by atoms with Crippen molar-refractivity contribution in [1.29, 1.82) is 0 Å². The lowest BCUT2D eigenvalue weighted by Crippen LogP contribution is -2.60. The minimum atomic E-state index is -1.78. The highest BCUT2D eigenvalue weighted by atomic mass is 16.7. The van der Waals surface area contributed by atoms with E-state index in [1.165, 1.54) is 13.8 Å². The molecular formula is C37H62N2O10. The first-order chi connectivity index (χ1) is 22.7. The van der Waals surface area contributed by atoms with Crippen LogP contribution in [0.2, 0.25) is 0 Å². The van der Waals surface area contributed by atoms with Crippen LogP contribution in [0.5, 0.6) is 0 Å². The highest BCUT2D eigenvalue weighted by molar-refractivity contribution is 5.89. The first-order valence-electron chi connectivity index (χ1n) is 17.7. The number of likely N-dealkylation sites (N-methyl/N-ethyl adjacent to an activating group) is 2. The monoisotopic (exact) mass is 694 g/mol. The zero-order chi connectivity index (χ0) is 37.0. The van der Waals surface area contributed by atoms with Gasteiger partial charge in [-0.1, -0.05) is 39.0 Å². The van der Waals surface area contributed by atoms with Crippen molar-refractivity contribution in [1.82, 2.24) is 9.80 Å². The number of carbonyl (C=O) groups is 2. The van der Waals surface area contributed by atoms with Crippen LogP contribution in [0.4, 0.5) is 0 Å². The minimum absolute atomic E-state index is 0.148. The molecular weight excluding hydrogens is 632 g/mol. The molecule has 3 rings (SSSR count). The highest BCUT2D eigenvalue weighted by Crippen LogP contribution is 2.37. The van der Waals surface area contributed by atoms with E-state index in [9.17, 15) is 30.0 Å². The lowest BCUT2D eigenvalue weighted by Gasteiger charge is -2.47. The van der Waals surface area contributed by atoms with Gasteiger partial charge in [0.2, 0.25) is 0 Å². The second-order valence-corrected chi connectivity index (χ2v) is 15.4. The molecule has 0 radical (unpaired) electrons. The number of esters is 2. The second kappa shape index (κ2) is 16.9. The van der Waals surface area contributed by atoms with E-state index in [0.717, 1.165) is 0 Å². The molecule has 1 aromatic carbocycles. The fraction of sp³-hybridized carbons (Fsp3) is 0.784. The molecule has 12 heteroatoms. The quantitative estimate of drug-likeness (QED) is 0.323. The van der Waals surface area contributed by atoms with E-state index < -0.39 is 77.8 Å². The third-order valence-corrected chi connectivity index (χ3v) is 10.7. The SMILES string of the molecule is CC[C@H]1OC(=O)[C@H](C)[C@@H](O)[C@H](C)[C@@H](OC2OC(C)CC(N(C)C)C2OC(=O)c2ccccc2)[C@@](C)(O)C[C@@H](C)CN(C)[C@H](C)[C@@H](O)[C@]1(C)O. The van der Waals surface area contributed by atoms with Gasteiger partial charge in [-0.2, -0.15) is 0 Å². The summed E-state index contributed by atoms with van der Waals surface area (Å²) in [6.45, 7) is 14.2. The third kappa shape index (κ3) is 9.79. The summed E-state index contributed by atoms with van der Waals surface area (Å²) in [7, 11) is 5.60. The van der Waals surface area contributed by atoms with Crippen molar-refractivity contribution in [2.24, 2.45) is 17.8 Å². The summed E-state index contributed by atoms with van der Waals surface area (Å²) in [5.74, 6) is -3.39. The van der Waals surface area contributed by atoms with Crippen LogP contribution >= 0.6 is 0 Å². The maximum Gasteiger partial charge on any atom is 0.338 e. The Morgan fingerprint density at radius 3 is 2.24 bits per heavy atom. The topological polar surface area (TPSA) is 158 Å². The summed E-state index contributed by atoms with van der Waals surface area (Å²) in [6, 6.07) is 7.82. The van der Waals surface area contributed by atoms with E-state index >= 15 is 0 Å². The number of hydrogen-bond donors (Lipinski definition) is 4. The Labute approximate surface area is 292 Å². The molecule has 2 fully saturated rings. The Hall–Kier alpha value is -2.16. The van der Waals surface area contributed by atoms with Gasteiger partial charge in [0.15, 0.2) is 12.4 Å². The number of cyclic esters (lactones) is 1. The second-order valence-electron chi connectivity index (χ2n) is 15.4. The Kier molecular flexibility index (Phi) is 14.2. The van der Waals surface area contributed by atoms with Crippen LogP contribution in [-0.4, -0.2) is 136 Å². The molecule has 2 aliphatic rings. The van der Waals surface area contributed by atoms with Gasteiger partial charge in [-0.3, -0.25) is 4.79 Å². The van der Waals surface area contributed by atoms with Gasteiger partial charge in [-0.15, -0.1) is 0 Å². The lowest BCUT2D eigenvalue weighted by atomic mass is 9.78. The predicted molar refractivity (Wildman–Crippen MR) is 185 cm³/mol. The molecule has 0 aromatic heterocycles. The van der Waals surface area contributed by atoms with Crippen molar-refractivity contribution in [2.75, 3.05) is 27.7 Å². The number of carbonyl (C=O) groups excluding carboxylic acids is 2. The van der Waals surface area contributed by atoms with Crippen molar-refractivity contribution in [3.05, 3.63) is 35.9 Å². The van der Waals surface area contributed by atoms with E-state index in [1.54, 1.807) is 52.0 Å². The van der Waals surface area contributed by atoms with Gasteiger partial charge in [0, 0.05) is 18.5 Å². The molecule has 49 heavy (non-hydrogen) atoms. The van der Waals surface area contributed by atoms with Crippen LogP contribution in [0.15, 0.2) is 30.3 Å². The maximum atomic E-state index is 13.5. The fourth-order valence-electron chi connectivity index (χ4n) is 7.61. The number of hydrogen-bond acceptors (Lipinski definition) is 12. The van der Waals surface area contributed by atoms with E-state index in [-0.39, 0.29) is 30.9 Å². The molecule has 14 atom stereocenters. The number of aliphatic hydroxyl groups excluding tert-OH is 2. The Balaban J connectivity index is 2.06. The van der Waals surface area contributed by atoms with E-state index in [1.807, 2.05) is 50.9 Å². The first kappa shape index (κ1) is 41.3. The van der Waals surface area contributed by atoms with Gasteiger partial charge in [0.1, 0.15) is 17.8 Å². The summed E-state index contributed by atoms with van der Waals surface area (Å²) in [4.78, 5) is 30.7. The predicted octanol–water partition coefficient (Wildman–Crippen LogP) is 2.84. The number of ether oxygens (including phenoxy) is 4. The average Bonchev–Trinajstić information content (AvgIpc) is 3.04. The molecule has 280 valence electrons. The van der Waals surface area contributed by atoms with Crippen LogP contribution in [0, 0.1) is 17.8 Å². The van der Waals surface area contributed by atoms with Gasteiger partial charge >= 0.3 is 11.9 Å². The van der Waals surface area contributed by atoms with Crippen molar-refractivity contribution < 1.29 is 49.0 Å². The number of aliphatic hydroxyl groups is 4. The maximum absolute atomic E-state index is 13.5. The molecule has 2 saturated heterocycles. The number of rotatable bonds is 6.